The number of hydrogen-bond acceptors (Lipinski definition) is 3. The molecule has 0 saturated heterocycles. The van der Waals surface area contributed by atoms with E-state index in [-0.39, 0.29) is 5.78 Å². The monoisotopic (exact) mass is 271 g/mol. The fraction of sp³-hybridized carbons (Fsp3) is 0.375. The molecule has 20 heavy (non-hydrogen) atoms. The highest BCUT2D eigenvalue weighted by Gasteiger charge is 2.13. The van der Waals surface area contributed by atoms with E-state index in [0.29, 0.717) is 13.0 Å². The molecule has 1 heterocycles. The highest BCUT2D eigenvalue weighted by atomic mass is 16.1. The number of anilines is 1. The number of aromatic amines is 1. The van der Waals surface area contributed by atoms with Crippen LogP contribution in [-0.2, 0) is 11.2 Å². The van der Waals surface area contributed by atoms with Gasteiger partial charge in [-0.05, 0) is 12.0 Å². The molecule has 0 radical (unpaired) electrons. The summed E-state index contributed by atoms with van der Waals surface area (Å²) >= 11 is 0. The Labute approximate surface area is 119 Å². The van der Waals surface area contributed by atoms with Crippen molar-refractivity contribution < 1.29 is 4.79 Å². The van der Waals surface area contributed by atoms with Crippen LogP contribution in [0.5, 0.6) is 0 Å². The van der Waals surface area contributed by atoms with Crippen molar-refractivity contribution >= 4 is 11.7 Å². The standard InChI is InChI=1S/C16H21N3O/c1-2-3-11-19(16-17-9-10-18-16)13-15(20)12-14-7-5-4-6-8-14/h4-10H,2-3,11-13H2,1H3,(H,17,18). The van der Waals surface area contributed by atoms with E-state index < -0.39 is 0 Å². The lowest BCUT2D eigenvalue weighted by molar-refractivity contribution is -0.117. The van der Waals surface area contributed by atoms with E-state index in [1.165, 1.54) is 0 Å². The molecular weight excluding hydrogens is 250 g/mol. The van der Waals surface area contributed by atoms with Crippen molar-refractivity contribution in [2.45, 2.75) is 26.2 Å². The van der Waals surface area contributed by atoms with Crippen LogP contribution in [0.1, 0.15) is 25.3 Å². The Balaban J connectivity index is 1.95. The Morgan fingerprint density at radius 2 is 2.10 bits per heavy atom. The number of ketones is 1. The zero-order chi connectivity index (χ0) is 14.2. The number of Topliss-reactive ketones (excluding diaryl/α,β-unsaturated/α-hetero) is 1. The van der Waals surface area contributed by atoms with E-state index in [9.17, 15) is 4.79 Å². The number of carbonyl (C=O) groups excluding carboxylic acids is 1. The first-order valence-electron chi connectivity index (χ1n) is 7.09. The van der Waals surface area contributed by atoms with Crippen molar-refractivity contribution in [1.82, 2.24) is 9.97 Å². The largest absolute Gasteiger partial charge is 0.335 e. The van der Waals surface area contributed by atoms with Crippen LogP contribution >= 0.6 is 0 Å². The number of benzene rings is 1. The van der Waals surface area contributed by atoms with Gasteiger partial charge >= 0.3 is 0 Å². The van der Waals surface area contributed by atoms with Gasteiger partial charge in [-0.15, -0.1) is 0 Å². The normalized spacial score (nSPS) is 10.4. The number of hydrogen-bond donors (Lipinski definition) is 1. The number of carbonyl (C=O) groups is 1. The second kappa shape index (κ2) is 7.48. The molecule has 4 heteroatoms. The molecule has 1 N–H and O–H groups in total. The van der Waals surface area contributed by atoms with Crippen LogP contribution in [-0.4, -0.2) is 28.8 Å². The van der Waals surface area contributed by atoms with Gasteiger partial charge in [0, 0.05) is 25.4 Å². The van der Waals surface area contributed by atoms with Gasteiger partial charge in [0.15, 0.2) is 5.78 Å². The predicted molar refractivity (Wildman–Crippen MR) is 80.9 cm³/mol. The maximum absolute atomic E-state index is 12.2. The van der Waals surface area contributed by atoms with Crippen molar-refractivity contribution in [1.29, 1.82) is 0 Å². The number of aromatic nitrogens is 2. The van der Waals surface area contributed by atoms with Crippen LogP contribution in [0.15, 0.2) is 42.7 Å². The summed E-state index contributed by atoms with van der Waals surface area (Å²) < 4.78 is 0. The van der Waals surface area contributed by atoms with Gasteiger partial charge in [0.05, 0.1) is 6.54 Å². The van der Waals surface area contributed by atoms with E-state index in [0.717, 1.165) is 30.9 Å². The van der Waals surface area contributed by atoms with Crippen molar-refractivity contribution in [3.63, 3.8) is 0 Å². The SMILES string of the molecule is CCCCN(CC(=O)Cc1ccccc1)c1ncc[nH]1. The molecule has 0 aliphatic carbocycles. The second-order valence-corrected chi connectivity index (χ2v) is 4.89. The lowest BCUT2D eigenvalue weighted by Crippen LogP contribution is -2.32. The highest BCUT2D eigenvalue weighted by molar-refractivity contribution is 5.85. The Hall–Kier alpha value is -2.10. The van der Waals surface area contributed by atoms with Gasteiger partial charge in [0.25, 0.3) is 0 Å². The van der Waals surface area contributed by atoms with Gasteiger partial charge in [0.1, 0.15) is 0 Å². The Kier molecular flexibility index (Phi) is 5.35. The van der Waals surface area contributed by atoms with Crippen molar-refractivity contribution in [3.8, 4) is 0 Å². The van der Waals surface area contributed by atoms with Gasteiger partial charge in [-0.2, -0.15) is 0 Å². The van der Waals surface area contributed by atoms with Gasteiger partial charge in [-0.25, -0.2) is 4.98 Å². The molecule has 0 amide bonds. The number of rotatable bonds is 8. The number of unbranched alkanes of at least 4 members (excludes halogenated alkanes) is 1. The van der Waals surface area contributed by atoms with E-state index in [1.54, 1.807) is 12.4 Å². The zero-order valence-corrected chi connectivity index (χ0v) is 11.9. The van der Waals surface area contributed by atoms with Crippen LogP contribution < -0.4 is 4.90 Å². The Bertz CT molecular complexity index is 508. The van der Waals surface area contributed by atoms with Gasteiger partial charge in [-0.1, -0.05) is 43.7 Å². The molecule has 0 aliphatic rings. The first-order valence-corrected chi connectivity index (χ1v) is 7.09. The minimum absolute atomic E-state index is 0.212. The first kappa shape index (κ1) is 14.3. The summed E-state index contributed by atoms with van der Waals surface area (Å²) in [6.07, 6.45) is 6.14. The van der Waals surface area contributed by atoms with Crippen molar-refractivity contribution in [2.24, 2.45) is 0 Å². The van der Waals surface area contributed by atoms with E-state index >= 15 is 0 Å². The third kappa shape index (κ3) is 4.23. The molecule has 2 rings (SSSR count). The molecule has 4 nitrogen and oxygen atoms in total. The van der Waals surface area contributed by atoms with E-state index in [2.05, 4.69) is 16.9 Å². The molecule has 0 saturated carbocycles. The average molecular weight is 271 g/mol. The average Bonchev–Trinajstić information content (AvgIpc) is 2.98. The molecule has 0 fully saturated rings. The minimum Gasteiger partial charge on any atom is -0.335 e. The summed E-state index contributed by atoms with van der Waals surface area (Å²) in [5, 5.41) is 0. The fourth-order valence-corrected chi connectivity index (χ4v) is 2.13. The second-order valence-electron chi connectivity index (χ2n) is 4.89. The fourth-order valence-electron chi connectivity index (χ4n) is 2.13. The molecule has 0 spiro atoms. The number of nitrogens with zero attached hydrogens (tertiary/aromatic N) is 2. The summed E-state index contributed by atoms with van der Waals surface area (Å²) in [4.78, 5) is 21.5. The van der Waals surface area contributed by atoms with E-state index in [1.807, 2.05) is 35.2 Å². The number of H-pyrrole nitrogens is 1. The molecular formula is C16H21N3O. The summed E-state index contributed by atoms with van der Waals surface area (Å²) in [5.41, 5.74) is 1.06. The molecule has 0 unspecified atom stereocenters. The third-order valence-corrected chi connectivity index (χ3v) is 3.18. The summed E-state index contributed by atoms with van der Waals surface area (Å²) in [7, 11) is 0. The minimum atomic E-state index is 0.212. The zero-order valence-electron chi connectivity index (χ0n) is 11.9. The maximum Gasteiger partial charge on any atom is 0.203 e. The molecule has 0 aliphatic heterocycles. The third-order valence-electron chi connectivity index (χ3n) is 3.18. The predicted octanol–water partition coefficient (Wildman–Crippen LogP) is 2.83. The van der Waals surface area contributed by atoms with Gasteiger partial charge in [0.2, 0.25) is 5.95 Å². The Morgan fingerprint density at radius 1 is 1.30 bits per heavy atom. The highest BCUT2D eigenvalue weighted by Crippen LogP contribution is 2.09. The molecule has 106 valence electrons. The quantitative estimate of drug-likeness (QED) is 0.803. The first-order chi connectivity index (χ1) is 9.79. The summed E-state index contributed by atoms with van der Waals surface area (Å²) in [6, 6.07) is 9.86. The van der Waals surface area contributed by atoms with Crippen LogP contribution in [0.3, 0.4) is 0 Å². The van der Waals surface area contributed by atoms with Crippen molar-refractivity contribution in [3.05, 3.63) is 48.3 Å². The van der Waals surface area contributed by atoms with Crippen LogP contribution in [0, 0.1) is 0 Å². The lowest BCUT2D eigenvalue weighted by atomic mass is 10.1. The lowest BCUT2D eigenvalue weighted by Gasteiger charge is -2.20. The number of nitrogens with one attached hydrogen (secondary N) is 1. The van der Waals surface area contributed by atoms with Crippen LogP contribution in [0.4, 0.5) is 5.95 Å². The summed E-state index contributed by atoms with van der Waals surface area (Å²) in [5.74, 6) is 0.989. The molecule has 0 atom stereocenters. The molecule has 1 aromatic carbocycles. The number of imidazole rings is 1. The Morgan fingerprint density at radius 3 is 2.75 bits per heavy atom. The molecule has 2 aromatic rings. The van der Waals surface area contributed by atoms with Crippen molar-refractivity contribution in [2.75, 3.05) is 18.0 Å². The van der Waals surface area contributed by atoms with E-state index in [4.69, 9.17) is 0 Å². The topological polar surface area (TPSA) is 49.0 Å². The summed E-state index contributed by atoms with van der Waals surface area (Å²) in [6.45, 7) is 3.40. The van der Waals surface area contributed by atoms with Crippen LogP contribution in [0.25, 0.3) is 0 Å². The smallest absolute Gasteiger partial charge is 0.203 e. The van der Waals surface area contributed by atoms with Gasteiger partial charge < -0.3 is 9.88 Å². The molecule has 1 aromatic heterocycles. The van der Waals surface area contributed by atoms with Crippen LogP contribution in [0.2, 0.25) is 0 Å². The maximum atomic E-state index is 12.2. The van der Waals surface area contributed by atoms with Gasteiger partial charge in [-0.3, -0.25) is 4.79 Å². The molecule has 0 bridgehead atoms.